The number of rotatable bonds is 18. The van der Waals surface area contributed by atoms with Crippen molar-refractivity contribution in [2.45, 2.75) is 96.8 Å². The Hall–Kier alpha value is -1.59. The van der Waals surface area contributed by atoms with Crippen LogP contribution in [-0.4, -0.2) is 36.0 Å². The molecule has 0 aliphatic rings. The summed E-state index contributed by atoms with van der Waals surface area (Å²) in [6.07, 6.45) is 12.1. The summed E-state index contributed by atoms with van der Waals surface area (Å²) in [4.78, 5) is 33.6. The summed E-state index contributed by atoms with van der Waals surface area (Å²) in [6.45, 7) is 3.49. The molecule has 6 nitrogen and oxygen atoms in total. The van der Waals surface area contributed by atoms with E-state index in [0.717, 1.165) is 44.9 Å². The molecule has 0 aromatic heterocycles. The molecule has 0 rings (SSSR count). The monoisotopic (exact) mass is 370 g/mol. The topological polar surface area (TPSA) is 95.5 Å². The van der Waals surface area contributed by atoms with Gasteiger partial charge in [0.25, 0.3) is 0 Å². The normalized spacial score (nSPS) is 10.5. The molecule has 0 heterocycles. The first-order chi connectivity index (χ1) is 12.6. The Morgan fingerprint density at radius 1 is 0.615 bits per heavy atom. The van der Waals surface area contributed by atoms with Gasteiger partial charge in [-0.15, -0.1) is 0 Å². The fourth-order valence-electron chi connectivity index (χ4n) is 2.69. The molecule has 0 atom stereocenters. The average Bonchev–Trinajstić information content (AvgIpc) is 2.60. The SMILES string of the molecule is CCCCCCCC(=O)NCCCCCC(=O)NCCCCCC(=O)O. The highest BCUT2D eigenvalue weighted by atomic mass is 16.4. The number of hydrogen-bond donors (Lipinski definition) is 3. The fourth-order valence-corrected chi connectivity index (χ4v) is 2.69. The van der Waals surface area contributed by atoms with Gasteiger partial charge in [-0.1, -0.05) is 45.4 Å². The van der Waals surface area contributed by atoms with Crippen LogP contribution in [0.4, 0.5) is 0 Å². The van der Waals surface area contributed by atoms with E-state index >= 15 is 0 Å². The minimum atomic E-state index is -0.766. The van der Waals surface area contributed by atoms with Crippen molar-refractivity contribution in [1.82, 2.24) is 10.6 Å². The number of hydrogen-bond acceptors (Lipinski definition) is 3. The van der Waals surface area contributed by atoms with Gasteiger partial charge in [-0.2, -0.15) is 0 Å². The van der Waals surface area contributed by atoms with Crippen LogP contribution in [0.5, 0.6) is 0 Å². The third-order valence-electron chi connectivity index (χ3n) is 4.30. The lowest BCUT2D eigenvalue weighted by Gasteiger charge is -2.06. The molecule has 0 bridgehead atoms. The smallest absolute Gasteiger partial charge is 0.303 e. The highest BCUT2D eigenvalue weighted by Crippen LogP contribution is 2.05. The molecule has 0 aromatic carbocycles. The third kappa shape index (κ3) is 18.7. The van der Waals surface area contributed by atoms with Crippen LogP contribution in [0.2, 0.25) is 0 Å². The Labute approximate surface area is 158 Å². The molecule has 0 aromatic rings. The number of carboxylic acids is 1. The molecular formula is C20H38N2O4. The summed E-state index contributed by atoms with van der Waals surface area (Å²) in [7, 11) is 0. The van der Waals surface area contributed by atoms with Crippen molar-refractivity contribution < 1.29 is 19.5 Å². The van der Waals surface area contributed by atoms with Gasteiger partial charge in [0.05, 0.1) is 0 Å². The molecule has 0 unspecified atom stereocenters. The fraction of sp³-hybridized carbons (Fsp3) is 0.850. The van der Waals surface area contributed by atoms with Gasteiger partial charge in [0.1, 0.15) is 0 Å². The van der Waals surface area contributed by atoms with Gasteiger partial charge in [-0.25, -0.2) is 0 Å². The number of carboxylic acid groups (broad SMARTS) is 1. The van der Waals surface area contributed by atoms with Crippen molar-refractivity contribution in [3.8, 4) is 0 Å². The molecule has 152 valence electrons. The van der Waals surface area contributed by atoms with Crippen LogP contribution in [0.15, 0.2) is 0 Å². The first-order valence-electron chi connectivity index (χ1n) is 10.3. The second kappa shape index (κ2) is 18.2. The molecule has 0 spiro atoms. The molecule has 0 aliphatic carbocycles. The van der Waals surface area contributed by atoms with Crippen molar-refractivity contribution >= 4 is 17.8 Å². The minimum absolute atomic E-state index is 0.0550. The number of aliphatic carboxylic acids is 1. The van der Waals surface area contributed by atoms with Crippen LogP contribution in [0.1, 0.15) is 96.8 Å². The van der Waals surface area contributed by atoms with Gasteiger partial charge in [0.15, 0.2) is 0 Å². The lowest BCUT2D eigenvalue weighted by atomic mass is 10.1. The van der Waals surface area contributed by atoms with Gasteiger partial charge in [-0.05, 0) is 32.1 Å². The van der Waals surface area contributed by atoms with Crippen molar-refractivity contribution in [1.29, 1.82) is 0 Å². The Bertz CT molecular complexity index is 386. The first-order valence-corrected chi connectivity index (χ1v) is 10.3. The molecule has 2 amide bonds. The van der Waals surface area contributed by atoms with E-state index in [2.05, 4.69) is 17.6 Å². The van der Waals surface area contributed by atoms with Crippen LogP contribution < -0.4 is 10.6 Å². The molecule has 0 saturated carbocycles. The van der Waals surface area contributed by atoms with Crippen molar-refractivity contribution in [2.75, 3.05) is 13.1 Å². The molecule has 26 heavy (non-hydrogen) atoms. The van der Waals surface area contributed by atoms with Crippen molar-refractivity contribution in [3.63, 3.8) is 0 Å². The Kier molecular flexibility index (Phi) is 17.1. The predicted octanol–water partition coefficient (Wildman–Crippen LogP) is 3.78. The zero-order valence-corrected chi connectivity index (χ0v) is 16.5. The van der Waals surface area contributed by atoms with Crippen LogP contribution >= 0.6 is 0 Å². The molecule has 0 aliphatic heterocycles. The first kappa shape index (κ1) is 24.4. The Morgan fingerprint density at radius 3 is 1.50 bits per heavy atom. The summed E-state index contributed by atoms with van der Waals surface area (Å²) in [5.74, 6) is -0.571. The molecule has 3 N–H and O–H groups in total. The second-order valence-corrected chi connectivity index (χ2v) is 6.88. The highest BCUT2D eigenvalue weighted by Gasteiger charge is 2.03. The van der Waals surface area contributed by atoms with Gasteiger partial charge < -0.3 is 15.7 Å². The number of amides is 2. The average molecular weight is 371 g/mol. The minimum Gasteiger partial charge on any atom is -0.481 e. The van der Waals surface area contributed by atoms with E-state index in [0.29, 0.717) is 32.4 Å². The van der Waals surface area contributed by atoms with Gasteiger partial charge >= 0.3 is 5.97 Å². The van der Waals surface area contributed by atoms with Crippen molar-refractivity contribution in [2.24, 2.45) is 0 Å². The van der Waals surface area contributed by atoms with Crippen LogP contribution in [0.25, 0.3) is 0 Å². The zero-order valence-electron chi connectivity index (χ0n) is 16.5. The summed E-state index contributed by atoms with van der Waals surface area (Å²) in [5.41, 5.74) is 0. The summed E-state index contributed by atoms with van der Waals surface area (Å²) < 4.78 is 0. The largest absolute Gasteiger partial charge is 0.481 e. The van der Waals surface area contributed by atoms with E-state index < -0.39 is 5.97 Å². The van der Waals surface area contributed by atoms with E-state index in [1.54, 1.807) is 0 Å². The van der Waals surface area contributed by atoms with E-state index in [1.165, 1.54) is 19.3 Å². The van der Waals surface area contributed by atoms with Crippen molar-refractivity contribution in [3.05, 3.63) is 0 Å². The summed E-state index contributed by atoms with van der Waals surface area (Å²) >= 11 is 0. The molecule has 0 fully saturated rings. The van der Waals surface area contributed by atoms with E-state index in [9.17, 15) is 14.4 Å². The van der Waals surface area contributed by atoms with Crippen LogP contribution in [-0.2, 0) is 14.4 Å². The lowest BCUT2D eigenvalue weighted by Crippen LogP contribution is -2.25. The Morgan fingerprint density at radius 2 is 1.04 bits per heavy atom. The maximum atomic E-state index is 11.6. The van der Waals surface area contributed by atoms with E-state index in [1.807, 2.05) is 0 Å². The maximum absolute atomic E-state index is 11.6. The summed E-state index contributed by atoms with van der Waals surface area (Å²) in [5, 5.41) is 14.3. The molecule has 0 radical (unpaired) electrons. The standard InChI is InChI=1S/C20H38N2O4/c1-2-3-4-5-8-13-18(23)21-16-11-6-9-14-19(24)22-17-12-7-10-15-20(25)26/h2-17H2,1H3,(H,21,23)(H,22,24)(H,25,26). The maximum Gasteiger partial charge on any atom is 0.303 e. The number of carbonyl (C=O) groups excluding carboxylic acids is 2. The molecule has 6 heteroatoms. The van der Waals surface area contributed by atoms with Crippen LogP contribution in [0, 0.1) is 0 Å². The van der Waals surface area contributed by atoms with Gasteiger partial charge in [0.2, 0.25) is 11.8 Å². The highest BCUT2D eigenvalue weighted by molar-refractivity contribution is 5.76. The molecular weight excluding hydrogens is 332 g/mol. The quantitative estimate of drug-likeness (QED) is 0.320. The molecule has 0 saturated heterocycles. The van der Waals surface area contributed by atoms with Gasteiger partial charge in [0, 0.05) is 32.4 Å². The van der Waals surface area contributed by atoms with E-state index in [4.69, 9.17) is 5.11 Å². The summed E-state index contributed by atoms with van der Waals surface area (Å²) in [6, 6.07) is 0. The number of carbonyl (C=O) groups is 3. The number of unbranched alkanes of at least 4 members (excludes halogenated alkanes) is 8. The predicted molar refractivity (Wildman–Crippen MR) is 104 cm³/mol. The third-order valence-corrected chi connectivity index (χ3v) is 4.30. The second-order valence-electron chi connectivity index (χ2n) is 6.88. The Balaban J connectivity index is 3.31. The van der Waals surface area contributed by atoms with Crippen LogP contribution in [0.3, 0.4) is 0 Å². The zero-order chi connectivity index (χ0) is 19.5. The van der Waals surface area contributed by atoms with Gasteiger partial charge in [-0.3, -0.25) is 14.4 Å². The lowest BCUT2D eigenvalue weighted by molar-refractivity contribution is -0.137. The number of nitrogens with one attached hydrogen (secondary N) is 2. The van der Waals surface area contributed by atoms with E-state index in [-0.39, 0.29) is 18.2 Å².